The third kappa shape index (κ3) is 2.24. The van der Waals surface area contributed by atoms with Gasteiger partial charge in [0, 0.05) is 19.3 Å². The second kappa shape index (κ2) is 5.04. The summed E-state index contributed by atoms with van der Waals surface area (Å²) in [7, 11) is 0. The summed E-state index contributed by atoms with van der Waals surface area (Å²) in [6.07, 6.45) is -0.609. The Morgan fingerprint density at radius 3 is 2.54 bits per heavy atom. The molecule has 4 bridgehead atoms. The molecule has 4 rings (SSSR count). The van der Waals surface area contributed by atoms with Gasteiger partial charge in [0.05, 0.1) is 16.7 Å². The van der Waals surface area contributed by atoms with Crippen molar-refractivity contribution < 1.29 is 33.8 Å². The third-order valence-corrected chi connectivity index (χ3v) is 5.92. The van der Waals surface area contributed by atoms with E-state index in [1.165, 1.54) is 0 Å². The Morgan fingerprint density at radius 1 is 1.29 bits per heavy atom. The van der Waals surface area contributed by atoms with Crippen LogP contribution < -0.4 is 0 Å². The van der Waals surface area contributed by atoms with Gasteiger partial charge in [-0.05, 0) is 26.7 Å². The van der Waals surface area contributed by atoms with Gasteiger partial charge in [0.1, 0.15) is 0 Å². The number of carboxylic acid groups (broad SMARTS) is 1. The van der Waals surface area contributed by atoms with Gasteiger partial charge in [0.15, 0.2) is 11.7 Å². The molecular weight excluding hydrogens is 316 g/mol. The number of carbonyl (C=O) groups is 4. The minimum Gasteiger partial charge on any atom is -0.481 e. The van der Waals surface area contributed by atoms with Crippen LogP contribution in [0.2, 0.25) is 0 Å². The summed E-state index contributed by atoms with van der Waals surface area (Å²) in [5, 5.41) is 9.71. The first-order chi connectivity index (χ1) is 11.1. The number of Topliss-reactive ketones (excluding diaryl/α,β-unsaturated/α-hetero) is 1. The number of rotatable bonds is 4. The van der Waals surface area contributed by atoms with Crippen LogP contribution in [-0.2, 0) is 28.7 Å². The molecule has 0 spiro atoms. The summed E-state index contributed by atoms with van der Waals surface area (Å²) < 4.78 is 10.8. The summed E-state index contributed by atoms with van der Waals surface area (Å²) in [6, 6.07) is 0. The maximum atomic E-state index is 12.8. The van der Waals surface area contributed by atoms with E-state index in [4.69, 9.17) is 9.47 Å². The third-order valence-electron chi connectivity index (χ3n) is 5.92. The van der Waals surface area contributed by atoms with Crippen molar-refractivity contribution in [2.24, 2.45) is 16.7 Å². The smallest absolute Gasteiger partial charge is 0.312 e. The molecule has 2 saturated carbocycles. The lowest BCUT2D eigenvalue weighted by molar-refractivity contribution is -0.199. The largest absolute Gasteiger partial charge is 0.481 e. The van der Waals surface area contributed by atoms with Crippen molar-refractivity contribution in [2.75, 3.05) is 0 Å². The van der Waals surface area contributed by atoms with Crippen LogP contribution in [0.1, 0.15) is 52.9 Å². The minimum atomic E-state index is -1.57. The number of hydrogen-bond acceptors (Lipinski definition) is 6. The Balaban J connectivity index is 2.03. The van der Waals surface area contributed by atoms with Crippen LogP contribution in [0.15, 0.2) is 0 Å². The zero-order valence-corrected chi connectivity index (χ0v) is 14.1. The highest BCUT2D eigenvalue weighted by molar-refractivity contribution is 6.00. The molecule has 7 nitrogen and oxygen atoms in total. The molecule has 132 valence electrons. The molecule has 0 amide bonds. The molecule has 2 aliphatic carbocycles. The zero-order valence-electron chi connectivity index (χ0n) is 14.1. The summed E-state index contributed by atoms with van der Waals surface area (Å²) in [6.45, 7) is 5.26. The Hall–Kier alpha value is -1.92. The van der Waals surface area contributed by atoms with E-state index < -0.39 is 52.1 Å². The van der Waals surface area contributed by atoms with Crippen LogP contribution in [0.4, 0.5) is 0 Å². The molecule has 2 heterocycles. The first-order valence-electron chi connectivity index (χ1n) is 8.27. The van der Waals surface area contributed by atoms with E-state index in [1.807, 2.05) is 6.92 Å². The summed E-state index contributed by atoms with van der Waals surface area (Å²) in [5.74, 6) is -3.39. The van der Waals surface area contributed by atoms with Gasteiger partial charge in [-0.25, -0.2) is 0 Å². The lowest BCUT2D eigenvalue weighted by atomic mass is 9.56. The molecule has 0 aromatic carbocycles. The standard InChI is InChI=1S/C17H22O7/c1-4-15(2,3)14(22)24-17-6-9-5-16(8-17,13(20)21)7-10(11(17)18)23-12(9)19/h9-10H,4-8H2,1-3H3,(H,20,21). The van der Waals surface area contributed by atoms with Crippen molar-refractivity contribution >= 4 is 23.7 Å². The lowest BCUT2D eigenvalue weighted by Gasteiger charge is -2.49. The Labute approximate surface area is 139 Å². The van der Waals surface area contributed by atoms with Gasteiger partial charge in [-0.3, -0.25) is 19.2 Å². The van der Waals surface area contributed by atoms with Crippen molar-refractivity contribution in [3.8, 4) is 0 Å². The number of hydrogen-bond donors (Lipinski definition) is 1. The van der Waals surface area contributed by atoms with E-state index in [1.54, 1.807) is 13.8 Å². The molecule has 0 aromatic heterocycles. The summed E-state index contributed by atoms with van der Waals surface area (Å²) >= 11 is 0. The van der Waals surface area contributed by atoms with Crippen LogP contribution in [0, 0.1) is 16.7 Å². The average molecular weight is 338 g/mol. The van der Waals surface area contributed by atoms with Crippen LogP contribution in [0.5, 0.6) is 0 Å². The average Bonchev–Trinajstić information content (AvgIpc) is 2.65. The molecule has 4 aliphatic rings. The fourth-order valence-electron chi connectivity index (χ4n) is 4.05. The van der Waals surface area contributed by atoms with Gasteiger partial charge in [0.25, 0.3) is 0 Å². The predicted molar refractivity (Wildman–Crippen MR) is 79.8 cm³/mol. The van der Waals surface area contributed by atoms with Crippen molar-refractivity contribution in [1.29, 1.82) is 0 Å². The van der Waals surface area contributed by atoms with Gasteiger partial charge >= 0.3 is 17.9 Å². The number of esters is 2. The van der Waals surface area contributed by atoms with Crippen LogP contribution in [0.25, 0.3) is 0 Å². The molecule has 2 saturated heterocycles. The van der Waals surface area contributed by atoms with Crippen molar-refractivity contribution in [2.45, 2.75) is 64.6 Å². The minimum absolute atomic E-state index is 0.0156. The molecule has 2 aliphatic heterocycles. The highest BCUT2D eigenvalue weighted by atomic mass is 16.6. The van der Waals surface area contributed by atoms with Gasteiger partial charge in [-0.15, -0.1) is 0 Å². The van der Waals surface area contributed by atoms with Crippen molar-refractivity contribution in [3.63, 3.8) is 0 Å². The molecule has 4 fully saturated rings. The Morgan fingerprint density at radius 2 is 1.96 bits per heavy atom. The van der Waals surface area contributed by atoms with E-state index in [9.17, 15) is 24.3 Å². The zero-order chi connectivity index (χ0) is 17.9. The van der Waals surface area contributed by atoms with Gasteiger partial charge in [-0.1, -0.05) is 6.92 Å². The molecule has 4 atom stereocenters. The highest BCUT2D eigenvalue weighted by Gasteiger charge is 2.68. The first-order valence-corrected chi connectivity index (χ1v) is 8.27. The number of ketones is 1. The van der Waals surface area contributed by atoms with Gasteiger partial charge in [0.2, 0.25) is 5.78 Å². The predicted octanol–water partition coefficient (Wildman–Crippen LogP) is 1.47. The molecule has 7 heteroatoms. The number of ether oxygens (including phenoxy) is 2. The fraction of sp³-hybridized carbons (Fsp3) is 0.765. The number of aliphatic carboxylic acids is 1. The molecule has 1 N–H and O–H groups in total. The van der Waals surface area contributed by atoms with Crippen LogP contribution >= 0.6 is 0 Å². The molecule has 0 aromatic rings. The highest BCUT2D eigenvalue weighted by Crippen LogP contribution is 2.56. The second-order valence-electron chi connectivity index (χ2n) is 7.98. The first kappa shape index (κ1) is 16.9. The molecular formula is C17H22O7. The van der Waals surface area contributed by atoms with E-state index in [-0.39, 0.29) is 25.7 Å². The van der Waals surface area contributed by atoms with Crippen molar-refractivity contribution in [1.82, 2.24) is 0 Å². The molecule has 0 radical (unpaired) electrons. The lowest BCUT2D eigenvalue weighted by Crippen LogP contribution is -2.62. The second-order valence-corrected chi connectivity index (χ2v) is 7.98. The molecule has 24 heavy (non-hydrogen) atoms. The van der Waals surface area contributed by atoms with Gasteiger partial charge in [-0.2, -0.15) is 0 Å². The maximum Gasteiger partial charge on any atom is 0.312 e. The van der Waals surface area contributed by atoms with Crippen molar-refractivity contribution in [3.05, 3.63) is 0 Å². The Bertz CT molecular complexity index is 637. The normalized spacial score (nSPS) is 37.8. The number of carboxylic acids is 1. The van der Waals surface area contributed by atoms with E-state index in [2.05, 4.69) is 0 Å². The maximum absolute atomic E-state index is 12.8. The summed E-state index contributed by atoms with van der Waals surface area (Å²) in [5.41, 5.74) is -3.62. The number of fused-ring (bicyclic) bond motifs is 1. The quantitative estimate of drug-likeness (QED) is 0.773. The van der Waals surface area contributed by atoms with Crippen LogP contribution in [0.3, 0.4) is 0 Å². The van der Waals surface area contributed by atoms with E-state index >= 15 is 0 Å². The van der Waals surface area contributed by atoms with Gasteiger partial charge < -0.3 is 14.6 Å². The Kier molecular flexibility index (Phi) is 3.55. The van der Waals surface area contributed by atoms with E-state index in [0.717, 1.165) is 0 Å². The van der Waals surface area contributed by atoms with Crippen LogP contribution in [-0.4, -0.2) is 40.5 Å². The fourth-order valence-corrected chi connectivity index (χ4v) is 4.05. The SMILES string of the molecule is CCC(C)(C)C(=O)OC12CC3CC(C(=O)O)(CC(OC3=O)C1=O)C2. The monoisotopic (exact) mass is 338 g/mol. The topological polar surface area (TPSA) is 107 Å². The van der Waals surface area contributed by atoms with E-state index in [0.29, 0.717) is 6.42 Å². The summed E-state index contributed by atoms with van der Waals surface area (Å²) in [4.78, 5) is 49.4. The molecule has 4 unspecified atom stereocenters. The number of carbonyl (C=O) groups excluding carboxylic acids is 3.